The Bertz CT molecular complexity index is 831. The summed E-state index contributed by atoms with van der Waals surface area (Å²) in [4.78, 5) is 27.6. The van der Waals surface area contributed by atoms with E-state index in [0.29, 0.717) is 16.6 Å². The lowest BCUT2D eigenvalue weighted by molar-refractivity contribution is -0.140. The Morgan fingerprint density at radius 2 is 1.48 bits per heavy atom. The van der Waals surface area contributed by atoms with Gasteiger partial charge in [-0.05, 0) is 55.2 Å². The predicted octanol–water partition coefficient (Wildman–Crippen LogP) is 5.01. The molecular weight excluding hydrogens is 407 g/mol. The van der Waals surface area contributed by atoms with Crippen LogP contribution < -0.4 is 5.32 Å². The molecule has 6 heteroatoms. The first-order valence-corrected chi connectivity index (χ1v) is 10.8. The van der Waals surface area contributed by atoms with Crippen LogP contribution in [0.1, 0.15) is 43.7 Å². The third kappa shape index (κ3) is 6.22. The van der Waals surface area contributed by atoms with Crippen LogP contribution in [0.3, 0.4) is 0 Å². The molecule has 0 radical (unpaired) electrons. The normalized spacial score (nSPS) is 15.1. The van der Waals surface area contributed by atoms with Crippen molar-refractivity contribution < 1.29 is 9.59 Å². The molecule has 0 spiro atoms. The second-order valence-corrected chi connectivity index (χ2v) is 8.49. The minimum atomic E-state index is -0.564. The van der Waals surface area contributed by atoms with E-state index in [1.54, 1.807) is 36.1 Å². The number of hydrogen-bond donors (Lipinski definition) is 1. The number of rotatable bonds is 7. The zero-order valence-electron chi connectivity index (χ0n) is 16.5. The fraction of sp³-hybridized carbons (Fsp3) is 0.391. The maximum atomic E-state index is 13.1. The molecule has 0 bridgehead atoms. The van der Waals surface area contributed by atoms with Gasteiger partial charge in [-0.2, -0.15) is 0 Å². The quantitative estimate of drug-likeness (QED) is 0.667. The van der Waals surface area contributed by atoms with Crippen molar-refractivity contribution in [3.63, 3.8) is 0 Å². The zero-order valence-corrected chi connectivity index (χ0v) is 18.0. The van der Waals surface area contributed by atoms with Gasteiger partial charge in [0.1, 0.15) is 6.04 Å². The summed E-state index contributed by atoms with van der Waals surface area (Å²) in [7, 11) is 0. The Morgan fingerprint density at radius 3 is 2.03 bits per heavy atom. The van der Waals surface area contributed by atoms with E-state index in [-0.39, 0.29) is 24.3 Å². The number of nitrogens with one attached hydrogen (secondary N) is 1. The highest BCUT2D eigenvalue weighted by molar-refractivity contribution is 6.30. The van der Waals surface area contributed by atoms with E-state index in [0.717, 1.165) is 36.8 Å². The summed E-state index contributed by atoms with van der Waals surface area (Å²) in [5.41, 5.74) is 1.79. The predicted molar refractivity (Wildman–Crippen MR) is 117 cm³/mol. The van der Waals surface area contributed by atoms with Crippen LogP contribution in [0.4, 0.5) is 0 Å². The summed E-state index contributed by atoms with van der Waals surface area (Å²) < 4.78 is 0. The molecule has 0 heterocycles. The third-order valence-corrected chi connectivity index (χ3v) is 5.91. The van der Waals surface area contributed by atoms with Gasteiger partial charge < -0.3 is 10.2 Å². The minimum Gasteiger partial charge on any atom is -0.352 e. The average molecular weight is 433 g/mol. The zero-order chi connectivity index (χ0) is 20.8. The molecule has 0 unspecified atom stereocenters. The Labute approximate surface area is 182 Å². The summed E-state index contributed by atoms with van der Waals surface area (Å²) in [5, 5.41) is 4.38. The third-order valence-electron chi connectivity index (χ3n) is 5.40. The Balaban J connectivity index is 1.75. The van der Waals surface area contributed by atoms with Crippen molar-refractivity contribution in [1.29, 1.82) is 0 Å². The molecule has 29 heavy (non-hydrogen) atoms. The van der Waals surface area contributed by atoms with Gasteiger partial charge in [0.15, 0.2) is 0 Å². The van der Waals surface area contributed by atoms with Crippen molar-refractivity contribution in [2.24, 2.45) is 0 Å². The molecule has 1 fully saturated rings. The van der Waals surface area contributed by atoms with E-state index < -0.39 is 6.04 Å². The highest BCUT2D eigenvalue weighted by Crippen LogP contribution is 2.19. The highest BCUT2D eigenvalue weighted by Gasteiger charge is 2.28. The first-order valence-electron chi connectivity index (χ1n) is 10.0. The smallest absolute Gasteiger partial charge is 0.242 e. The van der Waals surface area contributed by atoms with Gasteiger partial charge in [0.05, 0.1) is 6.42 Å². The summed E-state index contributed by atoms with van der Waals surface area (Å²) in [6.45, 7) is 2.14. The Morgan fingerprint density at radius 1 is 0.966 bits per heavy atom. The van der Waals surface area contributed by atoms with Crippen LogP contribution in [0.5, 0.6) is 0 Å². The number of halogens is 2. The molecule has 1 aliphatic carbocycles. The number of carbonyl (C=O) groups excluding carboxylic acids is 2. The van der Waals surface area contributed by atoms with E-state index in [1.807, 2.05) is 24.3 Å². The van der Waals surface area contributed by atoms with Gasteiger partial charge in [0, 0.05) is 22.6 Å². The standard InChI is InChI=1S/C23H26Cl2N2O2/c1-16(23(29)26-21-4-2-3-5-21)27(15-18-8-12-20(25)13-9-18)22(28)14-17-6-10-19(24)11-7-17/h6-13,16,21H,2-5,14-15H2,1H3,(H,26,29)/t16-/m1/s1. The molecule has 154 valence electrons. The molecule has 1 N–H and O–H groups in total. The van der Waals surface area contributed by atoms with Crippen molar-refractivity contribution in [3.8, 4) is 0 Å². The lowest BCUT2D eigenvalue weighted by Crippen LogP contribution is -2.50. The molecule has 2 aromatic rings. The monoisotopic (exact) mass is 432 g/mol. The van der Waals surface area contributed by atoms with Crippen LogP contribution >= 0.6 is 23.2 Å². The molecule has 1 aliphatic rings. The molecule has 1 atom stereocenters. The second-order valence-electron chi connectivity index (χ2n) is 7.62. The van der Waals surface area contributed by atoms with Crippen molar-refractivity contribution in [2.75, 3.05) is 0 Å². The van der Waals surface area contributed by atoms with Crippen LogP contribution in [-0.2, 0) is 22.6 Å². The van der Waals surface area contributed by atoms with Crippen molar-refractivity contribution >= 4 is 35.0 Å². The van der Waals surface area contributed by atoms with Crippen LogP contribution in [0, 0.1) is 0 Å². The van der Waals surface area contributed by atoms with Crippen LogP contribution in [0.25, 0.3) is 0 Å². The Hall–Kier alpha value is -2.04. The fourth-order valence-corrected chi connectivity index (χ4v) is 3.89. The van der Waals surface area contributed by atoms with Gasteiger partial charge in [-0.3, -0.25) is 9.59 Å². The topological polar surface area (TPSA) is 49.4 Å². The van der Waals surface area contributed by atoms with Gasteiger partial charge >= 0.3 is 0 Å². The van der Waals surface area contributed by atoms with Crippen molar-refractivity contribution in [2.45, 2.75) is 57.7 Å². The molecule has 0 aromatic heterocycles. The number of amides is 2. The summed E-state index contributed by atoms with van der Waals surface area (Å²) in [6.07, 6.45) is 4.52. The summed E-state index contributed by atoms with van der Waals surface area (Å²) in [6, 6.07) is 14.2. The largest absolute Gasteiger partial charge is 0.352 e. The number of carbonyl (C=O) groups is 2. The highest BCUT2D eigenvalue weighted by atomic mass is 35.5. The molecule has 2 aromatic carbocycles. The van der Waals surface area contributed by atoms with Gasteiger partial charge in [0.25, 0.3) is 0 Å². The van der Waals surface area contributed by atoms with Gasteiger partial charge in [0.2, 0.25) is 11.8 Å². The lowest BCUT2D eigenvalue weighted by Gasteiger charge is -2.30. The van der Waals surface area contributed by atoms with E-state index in [1.165, 1.54) is 0 Å². The molecule has 0 saturated heterocycles. The summed E-state index contributed by atoms with van der Waals surface area (Å²) >= 11 is 11.9. The van der Waals surface area contributed by atoms with Crippen molar-refractivity contribution in [3.05, 3.63) is 69.7 Å². The molecule has 3 rings (SSSR count). The van der Waals surface area contributed by atoms with E-state index >= 15 is 0 Å². The van der Waals surface area contributed by atoms with Gasteiger partial charge in [-0.25, -0.2) is 0 Å². The van der Waals surface area contributed by atoms with Crippen LogP contribution in [-0.4, -0.2) is 28.8 Å². The van der Waals surface area contributed by atoms with E-state index in [2.05, 4.69) is 5.32 Å². The average Bonchev–Trinajstić information content (AvgIpc) is 3.21. The lowest BCUT2D eigenvalue weighted by atomic mass is 10.1. The first kappa shape index (κ1) is 21.7. The number of benzene rings is 2. The minimum absolute atomic E-state index is 0.101. The Kier molecular flexibility index (Phi) is 7.57. The number of hydrogen-bond acceptors (Lipinski definition) is 2. The first-order chi connectivity index (χ1) is 13.9. The van der Waals surface area contributed by atoms with Crippen molar-refractivity contribution in [1.82, 2.24) is 10.2 Å². The number of nitrogens with zero attached hydrogens (tertiary/aromatic N) is 1. The van der Waals surface area contributed by atoms with Gasteiger partial charge in [-0.15, -0.1) is 0 Å². The van der Waals surface area contributed by atoms with Crippen LogP contribution in [0.2, 0.25) is 10.0 Å². The SMILES string of the molecule is C[C@H](C(=O)NC1CCCC1)N(Cc1ccc(Cl)cc1)C(=O)Cc1ccc(Cl)cc1. The molecule has 1 saturated carbocycles. The van der Waals surface area contributed by atoms with Crippen LogP contribution in [0.15, 0.2) is 48.5 Å². The summed E-state index contributed by atoms with van der Waals surface area (Å²) in [5.74, 6) is -0.202. The molecule has 0 aliphatic heterocycles. The fourth-order valence-electron chi connectivity index (χ4n) is 3.64. The maximum Gasteiger partial charge on any atom is 0.242 e. The van der Waals surface area contributed by atoms with Gasteiger partial charge in [-0.1, -0.05) is 60.3 Å². The maximum absolute atomic E-state index is 13.1. The molecular formula is C23H26Cl2N2O2. The van der Waals surface area contributed by atoms with E-state index in [4.69, 9.17) is 23.2 Å². The molecule has 2 amide bonds. The van der Waals surface area contributed by atoms with E-state index in [9.17, 15) is 9.59 Å². The molecule has 4 nitrogen and oxygen atoms in total. The second kappa shape index (κ2) is 10.1.